The minimum Gasteiger partial charge on any atom is -0.326 e. The summed E-state index contributed by atoms with van der Waals surface area (Å²) in [7, 11) is 0. The number of anilines is 1. The van der Waals surface area contributed by atoms with Gasteiger partial charge in [0.1, 0.15) is 4.33 Å². The number of nitrogens with one attached hydrogen (secondary N) is 1. The smallest absolute Gasteiger partial charge is 0.326 e. The highest BCUT2D eigenvalue weighted by atomic mass is 35.5. The number of carbonyl (C=O) groups excluding carboxylic acids is 2. The predicted molar refractivity (Wildman–Crippen MR) is 126 cm³/mol. The molecule has 1 aliphatic rings. The Labute approximate surface area is 213 Å². The fourth-order valence-corrected chi connectivity index (χ4v) is 5.20. The molecule has 178 valence electrons. The molecular weight excluding hydrogens is 545 g/mol. The summed E-state index contributed by atoms with van der Waals surface area (Å²) in [6.45, 7) is 0. The van der Waals surface area contributed by atoms with Crippen molar-refractivity contribution in [2.45, 2.75) is 42.1 Å². The van der Waals surface area contributed by atoms with E-state index in [2.05, 4.69) is 5.32 Å². The molecule has 1 N–H and O–H groups in total. The fourth-order valence-electron chi connectivity index (χ4n) is 3.60. The lowest BCUT2D eigenvalue weighted by Gasteiger charge is -2.10. The van der Waals surface area contributed by atoms with Crippen LogP contribution in [0.15, 0.2) is 36.4 Å². The largest absolute Gasteiger partial charge is 0.389 e. The van der Waals surface area contributed by atoms with Crippen molar-refractivity contribution in [2.75, 3.05) is 5.32 Å². The molecule has 2 atom stereocenters. The minimum absolute atomic E-state index is 0.0677. The van der Waals surface area contributed by atoms with E-state index in [1.165, 1.54) is 18.2 Å². The fraction of sp³-hybridized carbons (Fsp3) is 0.364. The van der Waals surface area contributed by atoms with Crippen LogP contribution in [0.2, 0.25) is 15.1 Å². The zero-order valence-electron chi connectivity index (χ0n) is 16.8. The van der Waals surface area contributed by atoms with Crippen molar-refractivity contribution >= 4 is 75.4 Å². The molecule has 33 heavy (non-hydrogen) atoms. The van der Waals surface area contributed by atoms with E-state index >= 15 is 0 Å². The highest BCUT2D eigenvalue weighted by Crippen LogP contribution is 2.65. The van der Waals surface area contributed by atoms with Crippen LogP contribution in [0, 0.1) is 5.92 Å². The zero-order chi connectivity index (χ0) is 24.6. The topological polar surface area (TPSA) is 46.2 Å². The molecule has 3 nitrogen and oxygen atoms in total. The monoisotopic (exact) mass is 559 g/mol. The van der Waals surface area contributed by atoms with Crippen LogP contribution in [-0.2, 0) is 4.79 Å². The van der Waals surface area contributed by atoms with E-state index < -0.39 is 40.5 Å². The van der Waals surface area contributed by atoms with E-state index in [9.17, 15) is 22.8 Å². The Balaban J connectivity index is 1.67. The van der Waals surface area contributed by atoms with Crippen LogP contribution < -0.4 is 5.32 Å². The summed E-state index contributed by atoms with van der Waals surface area (Å²) in [5.41, 5.74) is 1.00. The van der Waals surface area contributed by atoms with Crippen LogP contribution in [0.5, 0.6) is 0 Å². The first-order valence-electron chi connectivity index (χ1n) is 9.84. The van der Waals surface area contributed by atoms with Crippen molar-refractivity contribution in [2.24, 2.45) is 5.92 Å². The van der Waals surface area contributed by atoms with Crippen LogP contribution in [0.1, 0.15) is 47.5 Å². The van der Waals surface area contributed by atoms with Crippen molar-refractivity contribution < 1.29 is 22.8 Å². The van der Waals surface area contributed by atoms with E-state index in [4.69, 9.17) is 58.0 Å². The number of Topliss-reactive ketones (excluding diaryl/α,β-unsaturated/α-hetero) is 1. The van der Waals surface area contributed by atoms with E-state index in [0.717, 1.165) is 0 Å². The number of halogens is 8. The first-order valence-corrected chi connectivity index (χ1v) is 11.7. The summed E-state index contributed by atoms with van der Waals surface area (Å²) in [6, 6.07) is 9.10. The lowest BCUT2D eigenvalue weighted by molar-refractivity contribution is -0.135. The Kier molecular flexibility index (Phi) is 8.17. The molecule has 0 aromatic heterocycles. The van der Waals surface area contributed by atoms with Gasteiger partial charge in [0.15, 0.2) is 5.78 Å². The first-order chi connectivity index (χ1) is 15.3. The van der Waals surface area contributed by atoms with Gasteiger partial charge in [-0.15, -0.1) is 23.2 Å². The van der Waals surface area contributed by atoms with Gasteiger partial charge in [-0.1, -0.05) is 34.8 Å². The molecule has 2 unspecified atom stereocenters. The van der Waals surface area contributed by atoms with Gasteiger partial charge in [0, 0.05) is 40.1 Å². The lowest BCUT2D eigenvalue weighted by Crippen LogP contribution is -2.17. The number of carbonyl (C=O) groups is 2. The maximum absolute atomic E-state index is 12.8. The molecule has 2 aromatic rings. The normalized spacial score (nSPS) is 19.3. The Morgan fingerprint density at radius 2 is 1.61 bits per heavy atom. The molecule has 0 bridgehead atoms. The summed E-state index contributed by atoms with van der Waals surface area (Å²) in [5, 5.41) is 3.56. The summed E-state index contributed by atoms with van der Waals surface area (Å²) < 4.78 is 35.4. The maximum Gasteiger partial charge on any atom is 0.389 e. The zero-order valence-corrected chi connectivity index (χ0v) is 20.6. The Morgan fingerprint density at radius 3 is 2.21 bits per heavy atom. The summed E-state index contributed by atoms with van der Waals surface area (Å²) >= 11 is 30.8. The second-order valence-corrected chi connectivity index (χ2v) is 10.5. The van der Waals surface area contributed by atoms with E-state index in [1.807, 2.05) is 0 Å². The number of amides is 1. The number of rotatable bonds is 8. The minimum atomic E-state index is -4.26. The molecule has 1 aliphatic carbocycles. The van der Waals surface area contributed by atoms with Crippen LogP contribution in [0.25, 0.3) is 0 Å². The van der Waals surface area contributed by atoms with Crippen molar-refractivity contribution in [3.63, 3.8) is 0 Å². The first kappa shape index (κ1) is 26.4. The molecule has 0 radical (unpaired) electrons. The van der Waals surface area contributed by atoms with Crippen molar-refractivity contribution in [1.29, 1.82) is 0 Å². The number of alkyl halides is 5. The Morgan fingerprint density at radius 1 is 0.970 bits per heavy atom. The van der Waals surface area contributed by atoms with Crippen LogP contribution in [0.4, 0.5) is 18.9 Å². The van der Waals surface area contributed by atoms with Gasteiger partial charge in [0.25, 0.3) is 0 Å². The van der Waals surface area contributed by atoms with Crippen LogP contribution in [-0.4, -0.2) is 22.2 Å². The SMILES string of the molecule is O=C(CCCCC(F)(F)F)c1cc(NC(=O)C2C(c3cc(Cl)cc(Cl)c3)C2(Cl)Cl)ccc1Cl. The van der Waals surface area contributed by atoms with Gasteiger partial charge >= 0.3 is 6.18 Å². The van der Waals surface area contributed by atoms with Gasteiger partial charge in [0.2, 0.25) is 5.91 Å². The molecule has 0 heterocycles. The highest BCUT2D eigenvalue weighted by molar-refractivity contribution is 6.53. The molecule has 0 spiro atoms. The third kappa shape index (κ3) is 6.70. The number of hydrogen-bond acceptors (Lipinski definition) is 2. The number of ketones is 1. The van der Waals surface area contributed by atoms with Crippen LogP contribution in [0.3, 0.4) is 0 Å². The third-order valence-corrected chi connectivity index (χ3v) is 6.93. The second kappa shape index (κ2) is 10.2. The number of unbranched alkanes of at least 4 members (excludes halogenated alkanes) is 1. The molecule has 0 aliphatic heterocycles. The number of hydrogen-bond donors (Lipinski definition) is 1. The van der Waals surface area contributed by atoms with E-state index in [0.29, 0.717) is 15.6 Å². The second-order valence-electron chi connectivity index (χ2n) is 7.76. The molecular formula is C22H17Cl5F3NO2. The van der Waals surface area contributed by atoms with Gasteiger partial charge < -0.3 is 5.32 Å². The maximum atomic E-state index is 12.8. The van der Waals surface area contributed by atoms with Gasteiger partial charge in [-0.3, -0.25) is 9.59 Å². The van der Waals surface area contributed by atoms with Crippen molar-refractivity contribution in [1.82, 2.24) is 0 Å². The van der Waals surface area contributed by atoms with Crippen molar-refractivity contribution in [3.05, 3.63) is 62.6 Å². The molecule has 1 fully saturated rings. The molecule has 1 saturated carbocycles. The number of benzene rings is 2. The van der Waals surface area contributed by atoms with E-state index in [-0.39, 0.29) is 35.5 Å². The highest BCUT2D eigenvalue weighted by Gasteiger charge is 2.67. The summed E-state index contributed by atoms with van der Waals surface area (Å²) in [6.07, 6.45) is -5.41. The Bertz CT molecular complexity index is 1050. The summed E-state index contributed by atoms with van der Waals surface area (Å²) in [4.78, 5) is 25.3. The van der Waals surface area contributed by atoms with Crippen LogP contribution >= 0.6 is 58.0 Å². The van der Waals surface area contributed by atoms with Crippen molar-refractivity contribution in [3.8, 4) is 0 Å². The Hall–Kier alpha value is -1.18. The van der Waals surface area contributed by atoms with Gasteiger partial charge in [-0.2, -0.15) is 13.2 Å². The predicted octanol–water partition coefficient (Wildman–Crippen LogP) is 8.48. The average Bonchev–Trinajstić information content (AvgIpc) is 3.27. The molecule has 0 saturated heterocycles. The summed E-state index contributed by atoms with van der Waals surface area (Å²) in [5.74, 6) is -2.24. The third-order valence-electron chi connectivity index (χ3n) is 5.23. The molecule has 11 heteroatoms. The van der Waals surface area contributed by atoms with Gasteiger partial charge in [-0.05, 0) is 54.8 Å². The van der Waals surface area contributed by atoms with Gasteiger partial charge in [-0.25, -0.2) is 0 Å². The molecule has 3 rings (SSSR count). The standard InChI is InChI=1S/C22H17Cl5F3NO2/c23-12-7-11(8-13(24)9-12)18-19(22(18,26)27)20(33)31-14-4-5-16(25)15(10-14)17(32)3-1-2-6-21(28,29)30/h4-5,7-10,18-19H,1-3,6H2,(H,31,33). The lowest BCUT2D eigenvalue weighted by atomic mass is 10.0. The molecule has 2 aromatic carbocycles. The van der Waals surface area contributed by atoms with Gasteiger partial charge in [0.05, 0.1) is 10.9 Å². The average molecular weight is 562 g/mol. The quantitative estimate of drug-likeness (QED) is 0.200. The van der Waals surface area contributed by atoms with E-state index in [1.54, 1.807) is 18.2 Å². The molecule has 1 amide bonds.